The number of fused-ring (bicyclic) bond motifs is 7. The Morgan fingerprint density at radius 2 is 1.09 bits per heavy atom. The van der Waals surface area contributed by atoms with Gasteiger partial charge in [0.05, 0.1) is 5.41 Å². The Balaban J connectivity index is 1.33. The van der Waals surface area contributed by atoms with Crippen LogP contribution in [0.3, 0.4) is 0 Å². The Morgan fingerprint density at radius 1 is 0.477 bits per heavy atom. The highest BCUT2D eigenvalue weighted by molar-refractivity contribution is 6.27. The number of hydrogen-bond acceptors (Lipinski definition) is 0. The van der Waals surface area contributed by atoms with Crippen LogP contribution in [0.15, 0.2) is 158 Å². The van der Waals surface area contributed by atoms with Crippen LogP contribution in [0.1, 0.15) is 16.7 Å². The molecule has 204 valence electrons. The minimum absolute atomic E-state index is 0.151. The molecule has 0 fully saturated rings. The molecule has 0 aliphatic heterocycles. The van der Waals surface area contributed by atoms with Crippen molar-refractivity contribution in [2.75, 3.05) is 0 Å². The van der Waals surface area contributed by atoms with E-state index in [2.05, 4.69) is 158 Å². The van der Waals surface area contributed by atoms with E-state index in [1.165, 1.54) is 88.3 Å². The van der Waals surface area contributed by atoms with Crippen molar-refractivity contribution in [2.24, 2.45) is 0 Å². The number of allylic oxidation sites excluding steroid dienone is 4. The molecule has 0 bridgehead atoms. The van der Waals surface area contributed by atoms with Crippen LogP contribution >= 0.6 is 0 Å². The summed E-state index contributed by atoms with van der Waals surface area (Å²) in [6, 6.07) is 51.8. The van der Waals surface area contributed by atoms with Crippen LogP contribution in [-0.2, 0) is 11.8 Å². The Labute approximate surface area is 257 Å². The highest BCUT2D eigenvalue weighted by Gasteiger charge is 2.46. The molecule has 1 atom stereocenters. The molecule has 0 N–H and O–H groups in total. The molecule has 3 aliphatic rings. The van der Waals surface area contributed by atoms with Crippen LogP contribution in [0.4, 0.5) is 0 Å². The van der Waals surface area contributed by atoms with Crippen molar-refractivity contribution in [3.8, 4) is 44.5 Å². The van der Waals surface area contributed by atoms with Crippen molar-refractivity contribution in [1.82, 2.24) is 0 Å². The Bertz CT molecular complexity index is 2390. The average molecular weight is 557 g/mol. The maximum atomic E-state index is 2.52. The van der Waals surface area contributed by atoms with Crippen LogP contribution < -0.4 is 0 Å². The molecule has 44 heavy (non-hydrogen) atoms. The third-order valence-electron chi connectivity index (χ3n) is 10.1. The predicted octanol–water partition coefficient (Wildman–Crippen LogP) is 11.4. The van der Waals surface area contributed by atoms with Crippen molar-refractivity contribution >= 4 is 27.1 Å². The minimum atomic E-state index is -0.151. The van der Waals surface area contributed by atoms with E-state index in [9.17, 15) is 0 Å². The van der Waals surface area contributed by atoms with E-state index >= 15 is 0 Å². The van der Waals surface area contributed by atoms with E-state index in [1.807, 2.05) is 0 Å². The fraction of sp³-hybridized carbons (Fsp3) is 0.0455. The molecule has 0 heterocycles. The van der Waals surface area contributed by atoms with E-state index in [0.29, 0.717) is 0 Å². The molecule has 0 heteroatoms. The summed E-state index contributed by atoms with van der Waals surface area (Å²) in [6.45, 7) is 0. The van der Waals surface area contributed by atoms with E-state index < -0.39 is 0 Å². The standard InChI is InChI=1S/C44H28/c1-3-14-29(15-4-1)40-34-21-9-10-22-35(34)41(30-16-5-2-6-17-30)43-37-26-32(25-31-18-11-23-36(39(31)37)42(40)43)44-24-12-19-28-13-7-8-20-33(28)38(44)27-44/h1-18,20-27H,19H2. The summed E-state index contributed by atoms with van der Waals surface area (Å²) in [7, 11) is 0. The van der Waals surface area contributed by atoms with Gasteiger partial charge in [0.1, 0.15) is 0 Å². The Morgan fingerprint density at radius 3 is 1.82 bits per heavy atom. The molecule has 7 aromatic rings. The van der Waals surface area contributed by atoms with Crippen LogP contribution in [0, 0.1) is 0 Å². The predicted molar refractivity (Wildman–Crippen MR) is 186 cm³/mol. The molecule has 0 nitrogen and oxygen atoms in total. The zero-order valence-corrected chi connectivity index (χ0v) is 24.2. The molecular weight excluding hydrogens is 528 g/mol. The molecule has 0 spiro atoms. The van der Waals surface area contributed by atoms with Gasteiger partial charge < -0.3 is 0 Å². The molecular formula is C44H28. The average Bonchev–Trinajstić information content (AvgIpc) is 3.76. The second kappa shape index (κ2) is 8.78. The van der Waals surface area contributed by atoms with Gasteiger partial charge in [0, 0.05) is 0 Å². The van der Waals surface area contributed by atoms with Gasteiger partial charge >= 0.3 is 0 Å². The molecule has 0 radical (unpaired) electrons. The van der Waals surface area contributed by atoms with Crippen molar-refractivity contribution in [1.29, 1.82) is 0 Å². The van der Waals surface area contributed by atoms with E-state index in [-0.39, 0.29) is 5.41 Å². The van der Waals surface area contributed by atoms with Gasteiger partial charge in [-0.05, 0) is 107 Å². The second-order valence-electron chi connectivity index (χ2n) is 12.4. The van der Waals surface area contributed by atoms with Gasteiger partial charge in [-0.2, -0.15) is 0 Å². The lowest BCUT2D eigenvalue weighted by molar-refractivity contribution is 1.00. The largest absolute Gasteiger partial charge is 0.0826 e. The van der Waals surface area contributed by atoms with Gasteiger partial charge in [-0.15, -0.1) is 0 Å². The van der Waals surface area contributed by atoms with E-state index in [0.717, 1.165) is 6.42 Å². The first kappa shape index (κ1) is 24.0. The van der Waals surface area contributed by atoms with Gasteiger partial charge in [-0.1, -0.05) is 146 Å². The van der Waals surface area contributed by atoms with Gasteiger partial charge in [-0.25, -0.2) is 0 Å². The first-order valence-electron chi connectivity index (χ1n) is 15.6. The monoisotopic (exact) mass is 556 g/mol. The van der Waals surface area contributed by atoms with Crippen molar-refractivity contribution in [3.63, 3.8) is 0 Å². The lowest BCUT2D eigenvalue weighted by Gasteiger charge is -2.21. The summed E-state index contributed by atoms with van der Waals surface area (Å²) in [4.78, 5) is 0. The highest BCUT2D eigenvalue weighted by atomic mass is 14.5. The Kier molecular flexibility index (Phi) is 4.80. The normalized spacial score (nSPS) is 17.1. The molecule has 3 aliphatic carbocycles. The lowest BCUT2D eigenvalue weighted by atomic mass is 9.81. The smallest absolute Gasteiger partial charge is 0.0573 e. The third kappa shape index (κ3) is 3.18. The van der Waals surface area contributed by atoms with Gasteiger partial charge in [0.25, 0.3) is 0 Å². The first-order chi connectivity index (χ1) is 21.8. The van der Waals surface area contributed by atoms with Crippen LogP contribution in [0.25, 0.3) is 71.6 Å². The highest BCUT2D eigenvalue weighted by Crippen LogP contribution is 2.61. The van der Waals surface area contributed by atoms with Crippen LogP contribution in [0.2, 0.25) is 0 Å². The van der Waals surface area contributed by atoms with Crippen molar-refractivity contribution < 1.29 is 0 Å². The van der Waals surface area contributed by atoms with Crippen LogP contribution in [-0.4, -0.2) is 0 Å². The summed E-state index contributed by atoms with van der Waals surface area (Å²) < 4.78 is 0. The van der Waals surface area contributed by atoms with E-state index in [4.69, 9.17) is 0 Å². The van der Waals surface area contributed by atoms with Crippen molar-refractivity contribution in [2.45, 2.75) is 11.8 Å². The molecule has 1 unspecified atom stereocenters. The lowest BCUT2D eigenvalue weighted by Crippen LogP contribution is -2.07. The van der Waals surface area contributed by atoms with E-state index in [1.54, 1.807) is 0 Å². The molecule has 0 aromatic heterocycles. The van der Waals surface area contributed by atoms with Crippen LogP contribution in [0.5, 0.6) is 0 Å². The number of hydrogen-bond donors (Lipinski definition) is 0. The fourth-order valence-electron chi connectivity index (χ4n) is 8.16. The SMILES string of the molecule is C1=CC2(c3cc4c5c(cccc5c3)-c3c-4c(-c4ccccc4)c4ccccc4c3-c3ccccc3)C=C2c2ccccc2C1. The summed E-state index contributed by atoms with van der Waals surface area (Å²) in [5, 5.41) is 5.28. The minimum Gasteiger partial charge on any atom is -0.0826 e. The molecule has 7 aromatic carbocycles. The zero-order valence-electron chi connectivity index (χ0n) is 24.2. The van der Waals surface area contributed by atoms with Gasteiger partial charge in [0.2, 0.25) is 0 Å². The van der Waals surface area contributed by atoms with Crippen molar-refractivity contribution in [3.05, 3.63) is 174 Å². The number of rotatable bonds is 3. The summed E-state index contributed by atoms with van der Waals surface area (Å²) in [6.07, 6.45) is 8.28. The zero-order chi connectivity index (χ0) is 28.8. The fourth-order valence-corrected chi connectivity index (χ4v) is 8.16. The first-order valence-corrected chi connectivity index (χ1v) is 15.6. The summed E-state index contributed by atoms with van der Waals surface area (Å²) >= 11 is 0. The third-order valence-corrected chi connectivity index (χ3v) is 10.1. The summed E-state index contributed by atoms with van der Waals surface area (Å²) in [5.41, 5.74) is 16.0. The topological polar surface area (TPSA) is 0 Å². The maximum Gasteiger partial charge on any atom is 0.0573 e. The molecule has 0 saturated carbocycles. The summed E-state index contributed by atoms with van der Waals surface area (Å²) in [5.74, 6) is 0. The number of benzene rings is 7. The Hall–Kier alpha value is -5.46. The maximum absolute atomic E-state index is 2.52. The quantitative estimate of drug-likeness (QED) is 0.190. The molecule has 10 rings (SSSR count). The van der Waals surface area contributed by atoms with Gasteiger partial charge in [-0.3, -0.25) is 0 Å². The molecule has 0 saturated heterocycles. The van der Waals surface area contributed by atoms with Gasteiger partial charge in [0.15, 0.2) is 0 Å². The second-order valence-corrected chi connectivity index (χ2v) is 12.4. The molecule has 0 amide bonds.